The molecule has 4 atom stereocenters. The second-order valence-corrected chi connectivity index (χ2v) is 8.44. The fourth-order valence-corrected chi connectivity index (χ4v) is 1.93. The first-order chi connectivity index (χ1) is 16.5. The molecule has 0 heterocycles. The number of aliphatic hydroxyl groups excluding tert-OH is 1. The van der Waals surface area contributed by atoms with Crippen molar-refractivity contribution in [2.24, 2.45) is 34.8 Å². The fraction of sp³-hybridized carbons (Fsp3) is 0.565. The number of carboxylic acids is 4. The number of benzene rings is 1. The van der Waals surface area contributed by atoms with E-state index in [2.05, 4.69) is 0 Å². The zero-order valence-corrected chi connectivity index (χ0v) is 21.2. The van der Waals surface area contributed by atoms with Gasteiger partial charge in [-0.15, -0.1) is 0 Å². The number of carbonyl (C=O) groups is 4. The molecule has 0 amide bonds. The predicted molar refractivity (Wildman–Crippen MR) is 134 cm³/mol. The van der Waals surface area contributed by atoms with Crippen molar-refractivity contribution in [3.05, 3.63) is 35.9 Å². The number of aliphatic hydroxyl groups is 1. The van der Waals surface area contributed by atoms with Gasteiger partial charge in [0.1, 0.15) is 24.2 Å². The number of rotatable bonds is 10. The van der Waals surface area contributed by atoms with Crippen LogP contribution in [0.4, 0.5) is 0 Å². The second kappa shape index (κ2) is 21.2. The van der Waals surface area contributed by atoms with Gasteiger partial charge >= 0.3 is 23.9 Å². The minimum absolute atomic E-state index is 0.0208. The maximum Gasteiger partial charge on any atom is 0.322 e. The smallest absolute Gasteiger partial charge is 0.322 e. The Kier molecular flexibility index (Phi) is 22.1. The van der Waals surface area contributed by atoms with Crippen molar-refractivity contribution >= 4 is 23.9 Å². The molecule has 0 aliphatic carbocycles. The molecule has 13 heteroatoms. The lowest BCUT2D eigenvalue weighted by Crippen LogP contribution is -2.34. The van der Waals surface area contributed by atoms with E-state index in [-0.39, 0.29) is 5.92 Å². The zero-order chi connectivity index (χ0) is 29.0. The van der Waals surface area contributed by atoms with Crippen LogP contribution < -0.4 is 22.9 Å². The Balaban J connectivity index is -0.000000414. The van der Waals surface area contributed by atoms with Crippen LogP contribution in [0.3, 0.4) is 0 Å². The van der Waals surface area contributed by atoms with Gasteiger partial charge in [-0.2, -0.15) is 0 Å². The summed E-state index contributed by atoms with van der Waals surface area (Å²) in [7, 11) is 0. The van der Waals surface area contributed by atoms with Crippen LogP contribution in [0, 0.1) is 11.8 Å². The van der Waals surface area contributed by atoms with Crippen LogP contribution in [-0.4, -0.2) is 80.2 Å². The highest BCUT2D eigenvalue weighted by molar-refractivity contribution is 5.74. The van der Waals surface area contributed by atoms with E-state index in [1.807, 2.05) is 44.2 Å². The van der Waals surface area contributed by atoms with Crippen LogP contribution >= 0.6 is 0 Å². The molecular weight excluding hydrogens is 476 g/mol. The normalized spacial score (nSPS) is 13.3. The molecule has 1 aromatic rings. The van der Waals surface area contributed by atoms with Crippen molar-refractivity contribution in [2.45, 2.75) is 64.7 Å². The van der Waals surface area contributed by atoms with Crippen molar-refractivity contribution < 1.29 is 44.7 Å². The highest BCUT2D eigenvalue weighted by atomic mass is 16.4. The van der Waals surface area contributed by atoms with Crippen molar-refractivity contribution in [3.63, 3.8) is 0 Å². The Morgan fingerprint density at radius 2 is 1.11 bits per heavy atom. The molecular formula is C23H42N4O9. The first-order valence-corrected chi connectivity index (χ1v) is 11.1. The molecule has 0 spiro atoms. The Hall–Kier alpha value is -3.10. The third kappa shape index (κ3) is 22.7. The van der Waals surface area contributed by atoms with Gasteiger partial charge < -0.3 is 48.5 Å². The summed E-state index contributed by atoms with van der Waals surface area (Å²) < 4.78 is 0. The van der Waals surface area contributed by atoms with E-state index in [0.29, 0.717) is 18.8 Å². The van der Waals surface area contributed by atoms with E-state index < -0.39 is 54.7 Å². The van der Waals surface area contributed by atoms with E-state index >= 15 is 0 Å². The maximum absolute atomic E-state index is 10.4. The van der Waals surface area contributed by atoms with Gasteiger partial charge in [-0.05, 0) is 30.2 Å². The molecule has 0 fully saturated rings. The molecule has 1 aromatic carbocycles. The standard InChI is InChI=1S/C9H11NO2.C6H13NO2.C5H11NO2.C3H7NO3/c10-8(9(11)12)6-7-4-2-1-3-5-7;1-4(2)3-5(7)6(8)9;1-3(2)4(6)5(7)8;4-2(1-5)3(6)7/h1-5,8H,6,10H2,(H,11,12);4-5H,3,7H2,1-2H3,(H,8,9);3-4H,6H2,1-2H3,(H,7,8);2,5H,1,4H2,(H,6,7). The summed E-state index contributed by atoms with van der Waals surface area (Å²) in [5, 5.41) is 40.9. The van der Waals surface area contributed by atoms with Gasteiger partial charge in [-0.25, -0.2) is 0 Å². The van der Waals surface area contributed by atoms with Gasteiger partial charge in [0.2, 0.25) is 0 Å². The summed E-state index contributed by atoms with van der Waals surface area (Å²) in [4.78, 5) is 40.1. The van der Waals surface area contributed by atoms with Crippen LogP contribution in [0.25, 0.3) is 0 Å². The molecule has 0 aliphatic rings. The molecule has 0 bridgehead atoms. The Bertz CT molecular complexity index is 761. The molecule has 13 N–H and O–H groups in total. The fourth-order valence-electron chi connectivity index (χ4n) is 1.93. The van der Waals surface area contributed by atoms with E-state index in [0.717, 1.165) is 5.56 Å². The minimum Gasteiger partial charge on any atom is -0.480 e. The summed E-state index contributed by atoms with van der Waals surface area (Å²) in [6.45, 7) is 6.94. The Labute approximate surface area is 211 Å². The number of carboxylic acid groups (broad SMARTS) is 4. The SMILES string of the molecule is CC(C)C(N)C(=O)O.CC(C)CC(N)C(=O)O.NC(CO)C(=O)O.NC(Cc1ccccc1)C(=O)O. The van der Waals surface area contributed by atoms with Gasteiger partial charge in [0.15, 0.2) is 0 Å². The van der Waals surface area contributed by atoms with Crippen LogP contribution in [-0.2, 0) is 25.6 Å². The Morgan fingerprint density at radius 3 is 1.31 bits per heavy atom. The van der Waals surface area contributed by atoms with Gasteiger partial charge in [-0.1, -0.05) is 58.0 Å². The zero-order valence-electron chi connectivity index (χ0n) is 21.2. The minimum atomic E-state index is -1.18. The van der Waals surface area contributed by atoms with Gasteiger partial charge in [0, 0.05) is 0 Å². The van der Waals surface area contributed by atoms with Crippen molar-refractivity contribution in [2.75, 3.05) is 6.61 Å². The first kappa shape index (κ1) is 37.4. The van der Waals surface area contributed by atoms with Crippen LogP contribution in [0.5, 0.6) is 0 Å². The quantitative estimate of drug-likeness (QED) is 0.190. The molecule has 0 saturated carbocycles. The highest BCUT2D eigenvalue weighted by Crippen LogP contribution is 2.02. The van der Waals surface area contributed by atoms with Crippen molar-refractivity contribution in [3.8, 4) is 0 Å². The van der Waals surface area contributed by atoms with Crippen LogP contribution in [0.15, 0.2) is 30.3 Å². The second-order valence-electron chi connectivity index (χ2n) is 8.44. The molecule has 0 radical (unpaired) electrons. The molecule has 0 aliphatic heterocycles. The van der Waals surface area contributed by atoms with Crippen molar-refractivity contribution in [1.29, 1.82) is 0 Å². The average Bonchev–Trinajstić information content (AvgIpc) is 2.79. The predicted octanol–water partition coefficient (Wildman–Crippen LogP) is -0.470. The largest absolute Gasteiger partial charge is 0.480 e. The monoisotopic (exact) mass is 518 g/mol. The van der Waals surface area contributed by atoms with Crippen LogP contribution in [0.2, 0.25) is 0 Å². The van der Waals surface area contributed by atoms with Gasteiger partial charge in [0.25, 0.3) is 0 Å². The van der Waals surface area contributed by atoms with E-state index in [4.69, 9.17) is 48.5 Å². The average molecular weight is 519 g/mol. The molecule has 0 saturated heterocycles. The number of nitrogens with two attached hydrogens (primary N) is 4. The topological polar surface area (TPSA) is 274 Å². The lowest BCUT2D eigenvalue weighted by molar-refractivity contribution is -0.140. The third-order valence-electron chi connectivity index (χ3n) is 4.18. The molecule has 1 rings (SSSR count). The lowest BCUT2D eigenvalue weighted by Gasteiger charge is -2.07. The lowest BCUT2D eigenvalue weighted by atomic mass is 10.1. The number of hydrogen-bond acceptors (Lipinski definition) is 9. The van der Waals surface area contributed by atoms with Crippen molar-refractivity contribution in [1.82, 2.24) is 0 Å². The third-order valence-corrected chi connectivity index (χ3v) is 4.18. The van der Waals surface area contributed by atoms with Gasteiger partial charge in [-0.3, -0.25) is 19.2 Å². The highest BCUT2D eigenvalue weighted by Gasteiger charge is 2.14. The van der Waals surface area contributed by atoms with Crippen LogP contribution in [0.1, 0.15) is 39.7 Å². The van der Waals surface area contributed by atoms with Gasteiger partial charge in [0.05, 0.1) is 6.61 Å². The van der Waals surface area contributed by atoms with E-state index in [1.165, 1.54) is 0 Å². The molecule has 36 heavy (non-hydrogen) atoms. The summed E-state index contributed by atoms with van der Waals surface area (Å²) in [6, 6.07) is 6.02. The maximum atomic E-state index is 10.4. The first-order valence-electron chi connectivity index (χ1n) is 11.1. The Morgan fingerprint density at radius 1 is 0.694 bits per heavy atom. The molecule has 4 unspecified atom stereocenters. The molecule has 208 valence electrons. The summed E-state index contributed by atoms with van der Waals surface area (Å²) >= 11 is 0. The number of hydrogen-bond donors (Lipinski definition) is 9. The summed E-state index contributed by atoms with van der Waals surface area (Å²) in [5.74, 6) is -3.60. The molecule has 13 nitrogen and oxygen atoms in total. The summed E-state index contributed by atoms with van der Waals surface area (Å²) in [5.41, 5.74) is 21.4. The van der Waals surface area contributed by atoms with E-state index in [9.17, 15) is 19.2 Å². The number of aliphatic carboxylic acids is 4. The summed E-state index contributed by atoms with van der Waals surface area (Å²) in [6.07, 6.45) is 0.936. The van der Waals surface area contributed by atoms with E-state index in [1.54, 1.807) is 13.8 Å². The molecule has 0 aromatic heterocycles.